The Bertz CT molecular complexity index is 603. The van der Waals surface area contributed by atoms with Crippen LogP contribution in [0.25, 0.3) is 0 Å². The maximum atomic E-state index is 10.3. The number of rotatable bonds is 2. The SMILES string of the molecule is O=C([O-])c1ccc(Cl)cc1Cl.[NH3+]Cc1cccc(Cl)c1. The lowest BCUT2D eigenvalue weighted by Gasteiger charge is -2.03. The van der Waals surface area contributed by atoms with Gasteiger partial charge in [0.1, 0.15) is 0 Å². The molecule has 2 aromatic carbocycles. The van der Waals surface area contributed by atoms with Crippen molar-refractivity contribution in [3.05, 3.63) is 68.7 Å². The van der Waals surface area contributed by atoms with Crippen LogP contribution in [0.2, 0.25) is 15.1 Å². The predicted molar refractivity (Wildman–Crippen MR) is 78.8 cm³/mol. The third-order valence-corrected chi connectivity index (χ3v) is 3.11. The van der Waals surface area contributed by atoms with E-state index in [2.05, 4.69) is 5.73 Å². The maximum Gasteiger partial charge on any atom is 0.0997 e. The molecule has 0 saturated carbocycles. The number of carboxylic acid groups (broad SMARTS) is 1. The zero-order chi connectivity index (χ0) is 15.1. The number of halogens is 3. The van der Waals surface area contributed by atoms with Gasteiger partial charge in [-0.2, -0.15) is 0 Å². The Balaban J connectivity index is 0.000000204. The molecule has 0 saturated heterocycles. The van der Waals surface area contributed by atoms with Crippen molar-refractivity contribution in [2.24, 2.45) is 0 Å². The van der Waals surface area contributed by atoms with Gasteiger partial charge < -0.3 is 15.6 Å². The Hall–Kier alpha value is -1.26. The topological polar surface area (TPSA) is 67.8 Å². The Morgan fingerprint density at radius 3 is 2.15 bits per heavy atom. The fraction of sp³-hybridized carbons (Fsp3) is 0.0714. The fourth-order valence-corrected chi connectivity index (χ4v) is 2.05. The van der Waals surface area contributed by atoms with E-state index in [0.717, 1.165) is 11.6 Å². The summed E-state index contributed by atoms with van der Waals surface area (Å²) in [6, 6.07) is 11.8. The van der Waals surface area contributed by atoms with E-state index < -0.39 is 5.97 Å². The lowest BCUT2D eigenvalue weighted by Crippen LogP contribution is -2.47. The lowest BCUT2D eigenvalue weighted by molar-refractivity contribution is -0.386. The number of quaternary nitrogens is 1. The number of carbonyl (C=O) groups excluding carboxylic acids is 1. The average Bonchev–Trinajstić information content (AvgIpc) is 2.38. The second-order valence-electron chi connectivity index (χ2n) is 3.79. The second-order valence-corrected chi connectivity index (χ2v) is 5.07. The summed E-state index contributed by atoms with van der Waals surface area (Å²) in [6.07, 6.45) is 0. The lowest BCUT2D eigenvalue weighted by atomic mass is 10.2. The van der Waals surface area contributed by atoms with Crippen LogP contribution in [0.5, 0.6) is 0 Å². The molecule has 0 fully saturated rings. The molecule has 0 amide bonds. The zero-order valence-corrected chi connectivity index (χ0v) is 12.7. The van der Waals surface area contributed by atoms with Gasteiger partial charge in [0.25, 0.3) is 0 Å². The molecule has 20 heavy (non-hydrogen) atoms. The smallest absolute Gasteiger partial charge is 0.0997 e. The van der Waals surface area contributed by atoms with Gasteiger partial charge in [0.2, 0.25) is 0 Å². The van der Waals surface area contributed by atoms with E-state index in [1.807, 2.05) is 24.3 Å². The van der Waals surface area contributed by atoms with E-state index in [1.54, 1.807) is 0 Å². The van der Waals surface area contributed by atoms with Gasteiger partial charge in [0.15, 0.2) is 0 Å². The van der Waals surface area contributed by atoms with Crippen molar-refractivity contribution in [1.82, 2.24) is 0 Å². The van der Waals surface area contributed by atoms with Crippen LogP contribution in [0, 0.1) is 0 Å². The van der Waals surface area contributed by atoms with Crippen molar-refractivity contribution in [2.75, 3.05) is 0 Å². The number of hydrogen-bond donors (Lipinski definition) is 1. The molecule has 3 N–H and O–H groups in total. The zero-order valence-electron chi connectivity index (χ0n) is 10.4. The largest absolute Gasteiger partial charge is 0.545 e. The van der Waals surface area contributed by atoms with Crippen molar-refractivity contribution in [3.63, 3.8) is 0 Å². The number of benzene rings is 2. The molecule has 0 heterocycles. The summed E-state index contributed by atoms with van der Waals surface area (Å²) in [6.45, 7) is 0.806. The first-order valence-corrected chi connectivity index (χ1v) is 6.77. The third-order valence-electron chi connectivity index (χ3n) is 2.33. The molecule has 6 heteroatoms. The van der Waals surface area contributed by atoms with Gasteiger partial charge in [-0.15, -0.1) is 0 Å². The predicted octanol–water partition coefficient (Wildman–Crippen LogP) is 2.44. The first-order chi connectivity index (χ1) is 9.43. The minimum Gasteiger partial charge on any atom is -0.545 e. The van der Waals surface area contributed by atoms with Crippen molar-refractivity contribution in [3.8, 4) is 0 Å². The highest BCUT2D eigenvalue weighted by atomic mass is 35.5. The van der Waals surface area contributed by atoms with Crippen LogP contribution in [0.4, 0.5) is 0 Å². The molecule has 2 rings (SSSR count). The van der Waals surface area contributed by atoms with Gasteiger partial charge in [-0.25, -0.2) is 0 Å². The molecule has 0 aliphatic rings. The second kappa shape index (κ2) is 8.12. The molecular weight excluding hydrogens is 321 g/mol. The van der Waals surface area contributed by atoms with E-state index in [9.17, 15) is 9.90 Å². The number of carbonyl (C=O) groups is 1. The number of carboxylic acids is 1. The maximum absolute atomic E-state index is 10.3. The van der Waals surface area contributed by atoms with Gasteiger partial charge in [-0.1, -0.05) is 53.0 Å². The van der Waals surface area contributed by atoms with Crippen LogP contribution in [-0.4, -0.2) is 5.97 Å². The van der Waals surface area contributed by atoms with Gasteiger partial charge in [0.05, 0.1) is 17.5 Å². The van der Waals surface area contributed by atoms with Crippen molar-refractivity contribution in [2.45, 2.75) is 6.54 Å². The highest BCUT2D eigenvalue weighted by Gasteiger charge is 2.00. The Labute approximate surface area is 131 Å². The summed E-state index contributed by atoms with van der Waals surface area (Å²) >= 11 is 16.7. The molecule has 2 aromatic rings. The molecule has 0 radical (unpaired) electrons. The summed E-state index contributed by atoms with van der Waals surface area (Å²) in [4.78, 5) is 10.3. The van der Waals surface area contributed by atoms with Crippen LogP contribution < -0.4 is 10.8 Å². The van der Waals surface area contributed by atoms with E-state index in [0.29, 0.717) is 5.02 Å². The fourth-order valence-electron chi connectivity index (χ4n) is 1.35. The molecular formula is C14H12Cl3NO2. The quantitative estimate of drug-likeness (QED) is 0.918. The van der Waals surface area contributed by atoms with Crippen LogP contribution in [0.1, 0.15) is 15.9 Å². The molecule has 0 aliphatic heterocycles. The van der Waals surface area contributed by atoms with Gasteiger partial charge >= 0.3 is 0 Å². The Kier molecular flexibility index (Phi) is 6.82. The van der Waals surface area contributed by atoms with E-state index in [-0.39, 0.29) is 10.6 Å². The normalized spacial score (nSPS) is 9.60. The van der Waals surface area contributed by atoms with Gasteiger partial charge in [0, 0.05) is 21.2 Å². The minimum atomic E-state index is -1.30. The summed E-state index contributed by atoms with van der Waals surface area (Å²) < 4.78 is 0. The highest BCUT2D eigenvalue weighted by molar-refractivity contribution is 6.36. The first kappa shape index (κ1) is 16.8. The first-order valence-electron chi connectivity index (χ1n) is 5.64. The molecule has 0 atom stereocenters. The summed E-state index contributed by atoms with van der Waals surface area (Å²) in [5.41, 5.74) is 4.88. The molecule has 0 bridgehead atoms. The summed E-state index contributed by atoms with van der Waals surface area (Å²) in [5.74, 6) is -1.30. The Morgan fingerprint density at radius 1 is 1.05 bits per heavy atom. The van der Waals surface area contributed by atoms with E-state index in [1.165, 1.54) is 23.8 Å². The molecule has 0 aromatic heterocycles. The van der Waals surface area contributed by atoms with Crippen molar-refractivity contribution < 1.29 is 15.6 Å². The molecule has 0 aliphatic carbocycles. The van der Waals surface area contributed by atoms with Crippen LogP contribution >= 0.6 is 34.8 Å². The molecule has 0 spiro atoms. The van der Waals surface area contributed by atoms with E-state index >= 15 is 0 Å². The number of hydrogen-bond acceptors (Lipinski definition) is 2. The van der Waals surface area contributed by atoms with Crippen LogP contribution in [-0.2, 0) is 6.54 Å². The number of aromatic carboxylic acids is 1. The summed E-state index contributed by atoms with van der Waals surface area (Å²) in [5, 5.41) is 11.6. The third kappa shape index (κ3) is 5.39. The van der Waals surface area contributed by atoms with Gasteiger partial charge in [-0.05, 0) is 24.3 Å². The molecule has 106 valence electrons. The molecule has 0 unspecified atom stereocenters. The van der Waals surface area contributed by atoms with Crippen LogP contribution in [0.3, 0.4) is 0 Å². The van der Waals surface area contributed by atoms with E-state index in [4.69, 9.17) is 34.8 Å². The van der Waals surface area contributed by atoms with Gasteiger partial charge in [-0.3, -0.25) is 0 Å². The average molecular weight is 333 g/mol. The highest BCUT2D eigenvalue weighted by Crippen LogP contribution is 2.19. The minimum absolute atomic E-state index is 0.0453. The van der Waals surface area contributed by atoms with Crippen molar-refractivity contribution >= 4 is 40.8 Å². The standard InChI is InChI=1S/C7H4Cl2O2.C7H8ClN/c8-4-1-2-5(7(10)11)6(9)3-4;8-7-3-1-2-6(4-7)5-9/h1-3H,(H,10,11);1-4H,5,9H2. The van der Waals surface area contributed by atoms with Crippen LogP contribution in [0.15, 0.2) is 42.5 Å². The monoisotopic (exact) mass is 331 g/mol. The Morgan fingerprint density at radius 2 is 1.70 bits per heavy atom. The summed E-state index contributed by atoms with van der Waals surface area (Å²) in [7, 11) is 0. The van der Waals surface area contributed by atoms with Crippen molar-refractivity contribution in [1.29, 1.82) is 0 Å². The molecule has 3 nitrogen and oxygen atoms in total.